The first kappa shape index (κ1) is 14.1. The summed E-state index contributed by atoms with van der Waals surface area (Å²) in [6.45, 7) is 2.49. The van der Waals surface area contributed by atoms with E-state index in [4.69, 9.17) is 4.74 Å². The van der Waals surface area contributed by atoms with E-state index in [0.717, 1.165) is 5.75 Å². The number of hydrogen-bond donors (Lipinski definition) is 1. The molecule has 94 valence electrons. The average molecular weight is 253 g/mol. The summed E-state index contributed by atoms with van der Waals surface area (Å²) in [5.41, 5.74) is 0. The average Bonchev–Trinajstić information content (AvgIpc) is 2.30. The first-order chi connectivity index (χ1) is 8.22. The van der Waals surface area contributed by atoms with Crippen LogP contribution in [0.4, 0.5) is 0 Å². The van der Waals surface area contributed by atoms with Crippen molar-refractivity contribution in [2.75, 3.05) is 19.5 Å². The van der Waals surface area contributed by atoms with Crippen LogP contribution in [0.3, 0.4) is 0 Å². The molecule has 1 aromatic rings. The van der Waals surface area contributed by atoms with Gasteiger partial charge in [0.25, 0.3) is 0 Å². The zero-order valence-corrected chi connectivity index (χ0v) is 11.1. The quantitative estimate of drug-likeness (QED) is 0.758. The fourth-order valence-corrected chi connectivity index (χ4v) is 2.29. The van der Waals surface area contributed by atoms with Crippen molar-refractivity contribution in [3.63, 3.8) is 0 Å². The number of hydrogen-bond acceptors (Lipinski definition) is 3. The molecule has 0 aliphatic heterocycles. The van der Waals surface area contributed by atoms with Crippen molar-refractivity contribution < 1.29 is 9.53 Å². The van der Waals surface area contributed by atoms with Crippen LogP contribution in [0.5, 0.6) is 0 Å². The van der Waals surface area contributed by atoms with Crippen molar-refractivity contribution in [3.05, 3.63) is 30.3 Å². The lowest BCUT2D eigenvalue weighted by Gasteiger charge is -2.12. The Kier molecular flexibility index (Phi) is 6.74. The van der Waals surface area contributed by atoms with Crippen LogP contribution in [0.15, 0.2) is 35.2 Å². The molecule has 1 amide bonds. The van der Waals surface area contributed by atoms with Gasteiger partial charge < -0.3 is 10.1 Å². The second-order valence-electron chi connectivity index (χ2n) is 3.84. The molecule has 0 heterocycles. The summed E-state index contributed by atoms with van der Waals surface area (Å²) in [6.07, 6.45) is 0.535. The molecule has 0 aromatic heterocycles. The number of methoxy groups -OCH3 is 1. The third-order valence-electron chi connectivity index (χ3n) is 2.17. The Balaban J connectivity index is 2.16. The van der Waals surface area contributed by atoms with Crippen LogP contribution < -0.4 is 5.32 Å². The standard InChI is InChI=1S/C13H19NO2S/c1-11(10-16-2)14-13(15)8-9-17-12-6-4-3-5-7-12/h3-7,11H,8-10H2,1-2H3,(H,14,15). The van der Waals surface area contributed by atoms with Gasteiger partial charge in [-0.2, -0.15) is 0 Å². The molecule has 3 nitrogen and oxygen atoms in total. The Bertz CT molecular complexity index is 329. The van der Waals surface area contributed by atoms with E-state index in [-0.39, 0.29) is 11.9 Å². The maximum atomic E-state index is 11.5. The highest BCUT2D eigenvalue weighted by Gasteiger charge is 2.06. The number of nitrogens with one attached hydrogen (secondary N) is 1. The number of thioether (sulfide) groups is 1. The van der Waals surface area contributed by atoms with Gasteiger partial charge in [0.05, 0.1) is 6.61 Å². The van der Waals surface area contributed by atoms with Crippen LogP contribution in [-0.2, 0) is 9.53 Å². The zero-order valence-electron chi connectivity index (χ0n) is 10.3. The summed E-state index contributed by atoms with van der Waals surface area (Å²) >= 11 is 1.70. The Morgan fingerprint density at radius 3 is 2.76 bits per heavy atom. The Morgan fingerprint density at radius 2 is 2.12 bits per heavy atom. The molecule has 0 bridgehead atoms. The molecule has 1 N–H and O–H groups in total. The minimum atomic E-state index is 0.0780. The van der Waals surface area contributed by atoms with Crippen LogP contribution >= 0.6 is 11.8 Å². The minimum absolute atomic E-state index is 0.0780. The third kappa shape index (κ3) is 6.34. The third-order valence-corrected chi connectivity index (χ3v) is 3.18. The summed E-state index contributed by atoms with van der Waals surface area (Å²) in [6, 6.07) is 10.2. The van der Waals surface area contributed by atoms with E-state index in [1.165, 1.54) is 4.90 Å². The number of carbonyl (C=O) groups is 1. The Labute approximate surface area is 107 Å². The summed E-state index contributed by atoms with van der Waals surface area (Å²) in [5, 5.41) is 2.89. The van der Waals surface area contributed by atoms with E-state index < -0.39 is 0 Å². The molecular formula is C13H19NO2S. The zero-order chi connectivity index (χ0) is 12.5. The van der Waals surface area contributed by atoms with Crippen molar-refractivity contribution in [3.8, 4) is 0 Å². The second-order valence-corrected chi connectivity index (χ2v) is 5.00. The van der Waals surface area contributed by atoms with E-state index in [9.17, 15) is 4.79 Å². The van der Waals surface area contributed by atoms with Gasteiger partial charge in [0.15, 0.2) is 0 Å². The molecule has 0 aliphatic rings. The summed E-state index contributed by atoms with van der Waals surface area (Å²) < 4.78 is 4.96. The minimum Gasteiger partial charge on any atom is -0.383 e. The number of rotatable bonds is 7. The fourth-order valence-electron chi connectivity index (χ4n) is 1.42. The molecule has 0 radical (unpaired) electrons. The predicted octanol–water partition coefficient (Wildman–Crippen LogP) is 2.32. The van der Waals surface area contributed by atoms with Gasteiger partial charge in [-0.1, -0.05) is 18.2 Å². The Morgan fingerprint density at radius 1 is 1.41 bits per heavy atom. The van der Waals surface area contributed by atoms with E-state index >= 15 is 0 Å². The van der Waals surface area contributed by atoms with E-state index in [0.29, 0.717) is 13.0 Å². The number of ether oxygens (including phenoxy) is 1. The highest BCUT2D eigenvalue weighted by molar-refractivity contribution is 7.99. The molecule has 17 heavy (non-hydrogen) atoms. The number of amides is 1. The van der Waals surface area contributed by atoms with Crippen LogP contribution in [0.25, 0.3) is 0 Å². The second kappa shape index (κ2) is 8.14. The van der Waals surface area contributed by atoms with Gasteiger partial charge in [-0.25, -0.2) is 0 Å². The topological polar surface area (TPSA) is 38.3 Å². The molecule has 0 saturated carbocycles. The SMILES string of the molecule is COCC(C)NC(=O)CCSc1ccccc1. The highest BCUT2D eigenvalue weighted by Crippen LogP contribution is 2.17. The van der Waals surface area contributed by atoms with Gasteiger partial charge in [-0.3, -0.25) is 4.79 Å². The molecule has 0 fully saturated rings. The lowest BCUT2D eigenvalue weighted by atomic mass is 10.3. The van der Waals surface area contributed by atoms with Gasteiger partial charge in [-0.15, -0.1) is 11.8 Å². The summed E-state index contributed by atoms with van der Waals surface area (Å²) in [5.74, 6) is 0.883. The maximum Gasteiger partial charge on any atom is 0.221 e. The van der Waals surface area contributed by atoms with Crippen molar-refractivity contribution in [1.82, 2.24) is 5.32 Å². The molecule has 1 unspecified atom stereocenters. The van der Waals surface area contributed by atoms with Crippen molar-refractivity contribution >= 4 is 17.7 Å². The monoisotopic (exact) mass is 253 g/mol. The summed E-state index contributed by atoms with van der Waals surface area (Å²) in [4.78, 5) is 12.7. The summed E-state index contributed by atoms with van der Waals surface area (Å²) in [7, 11) is 1.63. The maximum absolute atomic E-state index is 11.5. The first-order valence-electron chi connectivity index (χ1n) is 5.68. The lowest BCUT2D eigenvalue weighted by molar-refractivity contribution is -0.121. The fraction of sp³-hybridized carbons (Fsp3) is 0.462. The van der Waals surface area contributed by atoms with E-state index in [1.807, 2.05) is 25.1 Å². The molecule has 1 aromatic carbocycles. The van der Waals surface area contributed by atoms with Gasteiger partial charge in [0.2, 0.25) is 5.91 Å². The molecule has 1 atom stereocenters. The predicted molar refractivity (Wildman–Crippen MR) is 71.3 cm³/mol. The van der Waals surface area contributed by atoms with Crippen molar-refractivity contribution in [2.24, 2.45) is 0 Å². The normalized spacial score (nSPS) is 12.1. The van der Waals surface area contributed by atoms with Gasteiger partial charge in [0.1, 0.15) is 0 Å². The molecule has 4 heteroatoms. The molecule has 0 saturated heterocycles. The first-order valence-corrected chi connectivity index (χ1v) is 6.67. The van der Waals surface area contributed by atoms with E-state index in [1.54, 1.807) is 18.9 Å². The highest BCUT2D eigenvalue weighted by atomic mass is 32.2. The smallest absolute Gasteiger partial charge is 0.221 e. The lowest BCUT2D eigenvalue weighted by Crippen LogP contribution is -2.35. The van der Waals surface area contributed by atoms with Crippen LogP contribution in [0.1, 0.15) is 13.3 Å². The van der Waals surface area contributed by atoms with Crippen molar-refractivity contribution in [2.45, 2.75) is 24.3 Å². The number of carbonyl (C=O) groups excluding carboxylic acids is 1. The number of benzene rings is 1. The van der Waals surface area contributed by atoms with Crippen LogP contribution in [0.2, 0.25) is 0 Å². The van der Waals surface area contributed by atoms with Crippen LogP contribution in [0, 0.1) is 0 Å². The molecule has 0 spiro atoms. The van der Waals surface area contributed by atoms with Gasteiger partial charge >= 0.3 is 0 Å². The molecule has 1 rings (SSSR count). The molecular weight excluding hydrogens is 234 g/mol. The van der Waals surface area contributed by atoms with E-state index in [2.05, 4.69) is 17.4 Å². The van der Waals surface area contributed by atoms with Crippen LogP contribution in [-0.4, -0.2) is 31.4 Å². The largest absolute Gasteiger partial charge is 0.383 e. The van der Waals surface area contributed by atoms with Gasteiger partial charge in [-0.05, 0) is 19.1 Å². The van der Waals surface area contributed by atoms with Gasteiger partial charge in [0, 0.05) is 30.2 Å². The van der Waals surface area contributed by atoms with Crippen molar-refractivity contribution in [1.29, 1.82) is 0 Å². The Hall–Kier alpha value is -1.00. The molecule has 0 aliphatic carbocycles.